The molecule has 0 unspecified atom stereocenters. The molecule has 0 radical (unpaired) electrons. The fraction of sp³-hybridized carbons (Fsp3) is 0.636. The average molecular weight is 256 g/mol. The van der Waals surface area contributed by atoms with Crippen LogP contribution in [-0.4, -0.2) is 46.3 Å². The number of aliphatic hydroxyl groups excluding tert-OH is 1. The van der Waals surface area contributed by atoms with Crippen LogP contribution in [0.5, 0.6) is 0 Å². The van der Waals surface area contributed by atoms with Gasteiger partial charge in [-0.1, -0.05) is 0 Å². The first-order valence-corrected chi connectivity index (χ1v) is 7.00. The topological polar surface area (TPSA) is 70.1 Å². The Morgan fingerprint density at radius 2 is 2.00 bits per heavy atom. The number of nitrogens with one attached hydrogen (secondary N) is 2. The Balaban J connectivity index is 2.19. The zero-order valence-electron chi connectivity index (χ0n) is 10.1. The normalized spacial score (nSPS) is 10.2. The Kier molecular flexibility index (Phi) is 7.49. The van der Waals surface area contributed by atoms with Crippen LogP contribution in [0, 0.1) is 0 Å². The molecule has 0 saturated heterocycles. The van der Waals surface area contributed by atoms with E-state index in [9.17, 15) is 0 Å². The lowest BCUT2D eigenvalue weighted by Gasteiger charge is -2.07. The predicted octanol–water partition coefficient (Wildman–Crippen LogP) is 1.44. The highest BCUT2D eigenvalue weighted by molar-refractivity contribution is 7.99. The predicted molar refractivity (Wildman–Crippen MR) is 73.7 cm³/mol. The van der Waals surface area contributed by atoms with Crippen molar-refractivity contribution in [2.75, 3.05) is 41.8 Å². The van der Waals surface area contributed by atoms with Crippen molar-refractivity contribution in [3.63, 3.8) is 0 Å². The molecule has 0 aliphatic rings. The van der Waals surface area contributed by atoms with Crippen molar-refractivity contribution >= 4 is 23.4 Å². The van der Waals surface area contributed by atoms with Crippen molar-refractivity contribution < 1.29 is 5.11 Å². The number of hydrogen-bond donors (Lipinski definition) is 3. The molecule has 3 N–H and O–H groups in total. The van der Waals surface area contributed by atoms with E-state index in [-0.39, 0.29) is 6.61 Å². The zero-order chi connectivity index (χ0) is 12.3. The van der Waals surface area contributed by atoms with Gasteiger partial charge in [-0.3, -0.25) is 0 Å². The van der Waals surface area contributed by atoms with Gasteiger partial charge in [0.1, 0.15) is 18.0 Å². The summed E-state index contributed by atoms with van der Waals surface area (Å²) in [5.41, 5.74) is 0. The molecule has 1 rings (SSSR count). The van der Waals surface area contributed by atoms with E-state index in [1.54, 1.807) is 6.33 Å². The van der Waals surface area contributed by atoms with Crippen LogP contribution in [0.2, 0.25) is 0 Å². The van der Waals surface area contributed by atoms with Crippen LogP contribution in [-0.2, 0) is 0 Å². The fourth-order valence-electron chi connectivity index (χ4n) is 1.25. The van der Waals surface area contributed by atoms with Crippen molar-refractivity contribution in [1.29, 1.82) is 0 Å². The lowest BCUT2D eigenvalue weighted by Crippen LogP contribution is -2.07. The molecule has 1 aromatic rings. The molecular formula is C11H20N4OS. The van der Waals surface area contributed by atoms with Gasteiger partial charge in [0, 0.05) is 31.5 Å². The van der Waals surface area contributed by atoms with Crippen LogP contribution in [0.15, 0.2) is 12.4 Å². The smallest absolute Gasteiger partial charge is 0.131 e. The van der Waals surface area contributed by atoms with Gasteiger partial charge in [0.2, 0.25) is 0 Å². The van der Waals surface area contributed by atoms with Gasteiger partial charge in [-0.05, 0) is 19.1 Å². The van der Waals surface area contributed by atoms with Crippen LogP contribution in [0.25, 0.3) is 0 Å². The Bertz CT molecular complexity index is 311. The molecule has 5 nitrogen and oxygen atoms in total. The van der Waals surface area contributed by atoms with Crippen LogP contribution >= 0.6 is 11.8 Å². The monoisotopic (exact) mass is 256 g/mol. The molecule has 0 aliphatic carbocycles. The van der Waals surface area contributed by atoms with E-state index in [1.807, 2.05) is 24.8 Å². The Morgan fingerprint density at radius 3 is 2.71 bits per heavy atom. The third-order valence-corrected chi connectivity index (χ3v) is 3.09. The molecule has 0 atom stereocenters. The molecule has 0 saturated carbocycles. The summed E-state index contributed by atoms with van der Waals surface area (Å²) < 4.78 is 0. The van der Waals surface area contributed by atoms with Crippen LogP contribution in [0.3, 0.4) is 0 Å². The van der Waals surface area contributed by atoms with Gasteiger partial charge in [0.15, 0.2) is 0 Å². The molecule has 0 aliphatic heterocycles. The lowest BCUT2D eigenvalue weighted by atomic mass is 10.5. The molecule has 1 aromatic heterocycles. The SMILES string of the molecule is CCNc1cc(NCCSCCCO)ncn1. The summed E-state index contributed by atoms with van der Waals surface area (Å²) in [4.78, 5) is 8.25. The van der Waals surface area contributed by atoms with Gasteiger partial charge in [-0.2, -0.15) is 11.8 Å². The fourth-order valence-corrected chi connectivity index (χ4v) is 2.04. The summed E-state index contributed by atoms with van der Waals surface area (Å²) in [5, 5.41) is 15.0. The molecule has 0 aromatic carbocycles. The van der Waals surface area contributed by atoms with Crippen LogP contribution < -0.4 is 10.6 Å². The van der Waals surface area contributed by atoms with Crippen LogP contribution in [0.1, 0.15) is 13.3 Å². The van der Waals surface area contributed by atoms with Crippen molar-refractivity contribution in [3.05, 3.63) is 12.4 Å². The Labute approximate surface area is 106 Å². The second-order valence-corrected chi connectivity index (χ2v) is 4.66. The van der Waals surface area contributed by atoms with Crippen molar-refractivity contribution in [2.24, 2.45) is 0 Å². The summed E-state index contributed by atoms with van der Waals surface area (Å²) in [6.07, 6.45) is 2.42. The van der Waals surface area contributed by atoms with Crippen molar-refractivity contribution in [1.82, 2.24) is 9.97 Å². The molecule has 0 bridgehead atoms. The molecule has 6 heteroatoms. The standard InChI is InChI=1S/C11H20N4OS/c1-2-12-10-8-11(15-9-14-10)13-4-7-17-6-3-5-16/h8-9,16H,2-7H2,1H3,(H2,12,13,14,15). The van der Waals surface area contributed by atoms with Crippen molar-refractivity contribution in [3.8, 4) is 0 Å². The van der Waals surface area contributed by atoms with E-state index in [2.05, 4.69) is 20.6 Å². The third kappa shape index (κ3) is 6.33. The molecular weight excluding hydrogens is 236 g/mol. The number of aromatic nitrogens is 2. The van der Waals surface area contributed by atoms with Gasteiger partial charge in [-0.15, -0.1) is 0 Å². The number of thioether (sulfide) groups is 1. The molecule has 17 heavy (non-hydrogen) atoms. The number of anilines is 2. The highest BCUT2D eigenvalue weighted by Gasteiger charge is 1.96. The molecule has 0 amide bonds. The second kappa shape index (κ2) is 9.07. The van der Waals surface area contributed by atoms with Gasteiger partial charge in [0.05, 0.1) is 0 Å². The summed E-state index contributed by atoms with van der Waals surface area (Å²) in [6, 6.07) is 1.90. The largest absolute Gasteiger partial charge is 0.396 e. The van der Waals surface area contributed by atoms with E-state index in [1.165, 1.54) is 0 Å². The maximum atomic E-state index is 8.63. The van der Waals surface area contributed by atoms with Crippen molar-refractivity contribution in [2.45, 2.75) is 13.3 Å². The van der Waals surface area contributed by atoms with Gasteiger partial charge < -0.3 is 15.7 Å². The molecule has 1 heterocycles. The lowest BCUT2D eigenvalue weighted by molar-refractivity contribution is 0.296. The molecule has 0 fully saturated rings. The minimum absolute atomic E-state index is 0.276. The van der Waals surface area contributed by atoms with E-state index in [0.717, 1.165) is 42.7 Å². The first-order valence-electron chi connectivity index (χ1n) is 5.85. The highest BCUT2D eigenvalue weighted by Crippen LogP contribution is 2.08. The summed E-state index contributed by atoms with van der Waals surface area (Å²) >= 11 is 1.83. The first-order chi connectivity index (χ1) is 8.36. The van der Waals surface area contributed by atoms with Gasteiger partial charge >= 0.3 is 0 Å². The minimum Gasteiger partial charge on any atom is -0.396 e. The maximum absolute atomic E-state index is 8.63. The average Bonchev–Trinajstić information content (AvgIpc) is 2.35. The summed E-state index contributed by atoms with van der Waals surface area (Å²) in [6.45, 7) is 4.04. The third-order valence-electron chi connectivity index (χ3n) is 2.02. The quantitative estimate of drug-likeness (QED) is 0.581. The van der Waals surface area contributed by atoms with Gasteiger partial charge in [-0.25, -0.2) is 9.97 Å². The number of hydrogen-bond acceptors (Lipinski definition) is 6. The molecule has 96 valence electrons. The van der Waals surface area contributed by atoms with E-state index in [0.29, 0.717) is 0 Å². The van der Waals surface area contributed by atoms with Gasteiger partial charge in [0.25, 0.3) is 0 Å². The Hall–Kier alpha value is -1.01. The number of rotatable bonds is 9. The summed E-state index contributed by atoms with van der Waals surface area (Å²) in [7, 11) is 0. The Morgan fingerprint density at radius 1 is 1.24 bits per heavy atom. The van der Waals surface area contributed by atoms with E-state index >= 15 is 0 Å². The summed E-state index contributed by atoms with van der Waals surface area (Å²) in [5.74, 6) is 3.71. The number of nitrogens with zero attached hydrogens (tertiary/aromatic N) is 2. The first kappa shape index (κ1) is 14.1. The number of aliphatic hydroxyl groups is 1. The van der Waals surface area contributed by atoms with Crippen LogP contribution in [0.4, 0.5) is 11.6 Å². The minimum atomic E-state index is 0.276. The van der Waals surface area contributed by atoms with E-state index < -0.39 is 0 Å². The van der Waals surface area contributed by atoms with E-state index in [4.69, 9.17) is 5.11 Å². The maximum Gasteiger partial charge on any atom is 0.131 e. The second-order valence-electron chi connectivity index (χ2n) is 3.44. The zero-order valence-corrected chi connectivity index (χ0v) is 11.0. The highest BCUT2D eigenvalue weighted by atomic mass is 32.2. The molecule has 0 spiro atoms.